The maximum atomic E-state index is 12.4. The number of benzene rings is 1. The second kappa shape index (κ2) is 8.45. The van der Waals surface area contributed by atoms with Crippen LogP contribution in [0.25, 0.3) is 0 Å². The summed E-state index contributed by atoms with van der Waals surface area (Å²) in [7, 11) is 0. The lowest BCUT2D eigenvalue weighted by atomic mass is 9.97. The van der Waals surface area contributed by atoms with Crippen molar-refractivity contribution >= 4 is 33.5 Å². The Kier molecular flexibility index (Phi) is 6.59. The third kappa shape index (κ3) is 5.04. The van der Waals surface area contributed by atoms with E-state index in [2.05, 4.69) is 26.1 Å². The lowest BCUT2D eigenvalue weighted by Crippen LogP contribution is -2.48. The van der Waals surface area contributed by atoms with Crippen molar-refractivity contribution in [3.05, 3.63) is 28.7 Å². The Morgan fingerprint density at radius 2 is 2.09 bits per heavy atom. The van der Waals surface area contributed by atoms with Gasteiger partial charge in [-0.3, -0.25) is 14.5 Å². The van der Waals surface area contributed by atoms with E-state index in [1.54, 1.807) is 0 Å². The lowest BCUT2D eigenvalue weighted by Gasteiger charge is -2.35. The molecule has 2 rings (SSSR count). The molecule has 0 unspecified atom stereocenters. The third-order valence-corrected chi connectivity index (χ3v) is 4.64. The van der Waals surface area contributed by atoms with Gasteiger partial charge >= 0.3 is 5.97 Å². The van der Waals surface area contributed by atoms with Gasteiger partial charge in [-0.25, -0.2) is 0 Å². The van der Waals surface area contributed by atoms with Crippen molar-refractivity contribution in [1.29, 1.82) is 0 Å². The van der Waals surface area contributed by atoms with Gasteiger partial charge < -0.3 is 10.1 Å². The van der Waals surface area contributed by atoms with Crippen LogP contribution in [0.4, 0.5) is 5.69 Å². The SMILES string of the molecule is CCOC(=O)[C@@H]1CCCN([C@@H](C)C(=O)Nc2ccc(Br)cc2)C1. The number of likely N-dealkylation sites (tertiary alicyclic amines) is 1. The van der Waals surface area contributed by atoms with E-state index in [-0.39, 0.29) is 23.8 Å². The number of amides is 1. The highest BCUT2D eigenvalue weighted by atomic mass is 79.9. The highest BCUT2D eigenvalue weighted by molar-refractivity contribution is 9.10. The smallest absolute Gasteiger partial charge is 0.310 e. The Bertz CT molecular complexity index is 547. The molecule has 0 aliphatic carbocycles. The highest BCUT2D eigenvalue weighted by Crippen LogP contribution is 2.21. The van der Waals surface area contributed by atoms with Crippen LogP contribution in [0.5, 0.6) is 0 Å². The van der Waals surface area contributed by atoms with Crippen molar-refractivity contribution in [3.8, 4) is 0 Å². The fourth-order valence-electron chi connectivity index (χ4n) is 2.76. The van der Waals surface area contributed by atoms with Gasteiger partial charge in [0.1, 0.15) is 0 Å². The van der Waals surface area contributed by atoms with Crippen LogP contribution in [0.2, 0.25) is 0 Å². The first-order chi connectivity index (χ1) is 11.0. The predicted molar refractivity (Wildman–Crippen MR) is 93.2 cm³/mol. The summed E-state index contributed by atoms with van der Waals surface area (Å²) in [6.07, 6.45) is 1.73. The van der Waals surface area contributed by atoms with Crippen LogP contribution in [-0.4, -0.2) is 42.5 Å². The fourth-order valence-corrected chi connectivity index (χ4v) is 3.02. The molecule has 126 valence electrons. The maximum absolute atomic E-state index is 12.4. The normalized spacial score (nSPS) is 19.9. The van der Waals surface area contributed by atoms with Gasteiger partial charge in [-0.15, -0.1) is 0 Å². The molecule has 1 aromatic carbocycles. The molecule has 0 saturated carbocycles. The molecule has 1 heterocycles. The highest BCUT2D eigenvalue weighted by Gasteiger charge is 2.31. The van der Waals surface area contributed by atoms with E-state index in [4.69, 9.17) is 4.74 Å². The average molecular weight is 383 g/mol. The number of esters is 1. The number of piperidine rings is 1. The summed E-state index contributed by atoms with van der Waals surface area (Å²) in [5, 5.41) is 2.92. The lowest BCUT2D eigenvalue weighted by molar-refractivity contribution is -0.150. The van der Waals surface area contributed by atoms with Crippen molar-refractivity contribution in [2.75, 3.05) is 25.0 Å². The van der Waals surface area contributed by atoms with E-state index in [1.807, 2.05) is 38.1 Å². The van der Waals surface area contributed by atoms with E-state index in [0.717, 1.165) is 29.5 Å². The van der Waals surface area contributed by atoms with Crippen molar-refractivity contribution in [1.82, 2.24) is 4.90 Å². The van der Waals surface area contributed by atoms with Crippen molar-refractivity contribution in [2.45, 2.75) is 32.7 Å². The number of ether oxygens (including phenoxy) is 1. The molecule has 0 spiro atoms. The van der Waals surface area contributed by atoms with E-state index in [1.165, 1.54) is 0 Å². The number of anilines is 1. The molecule has 0 aromatic heterocycles. The minimum Gasteiger partial charge on any atom is -0.466 e. The minimum atomic E-state index is -0.282. The molecule has 0 bridgehead atoms. The fraction of sp³-hybridized carbons (Fsp3) is 0.529. The van der Waals surface area contributed by atoms with Crippen LogP contribution in [0.1, 0.15) is 26.7 Å². The monoisotopic (exact) mass is 382 g/mol. The number of nitrogens with zero attached hydrogens (tertiary/aromatic N) is 1. The molecular formula is C17H23BrN2O3. The maximum Gasteiger partial charge on any atom is 0.310 e. The first kappa shape index (κ1) is 17.9. The van der Waals surface area contributed by atoms with Gasteiger partial charge in [-0.05, 0) is 57.5 Å². The summed E-state index contributed by atoms with van der Waals surface area (Å²) < 4.78 is 6.08. The molecule has 5 nitrogen and oxygen atoms in total. The molecule has 23 heavy (non-hydrogen) atoms. The Morgan fingerprint density at radius 1 is 1.39 bits per heavy atom. The van der Waals surface area contributed by atoms with Gasteiger partial charge in [0, 0.05) is 16.7 Å². The second-order valence-electron chi connectivity index (χ2n) is 5.76. The van der Waals surface area contributed by atoms with E-state index in [0.29, 0.717) is 13.2 Å². The number of hydrogen-bond acceptors (Lipinski definition) is 4. The molecule has 6 heteroatoms. The van der Waals surface area contributed by atoms with Crippen LogP contribution in [0.3, 0.4) is 0 Å². The van der Waals surface area contributed by atoms with Crippen molar-refractivity contribution in [2.24, 2.45) is 5.92 Å². The third-order valence-electron chi connectivity index (χ3n) is 4.11. The Labute approximate surface area is 145 Å². The summed E-state index contributed by atoms with van der Waals surface area (Å²) in [6.45, 7) is 5.49. The topological polar surface area (TPSA) is 58.6 Å². The molecule has 1 aliphatic rings. The Balaban J connectivity index is 1.93. The van der Waals surface area contributed by atoms with Gasteiger partial charge in [0.2, 0.25) is 5.91 Å². The summed E-state index contributed by atoms with van der Waals surface area (Å²) in [5.74, 6) is -0.346. The zero-order valence-corrected chi connectivity index (χ0v) is 15.1. The largest absolute Gasteiger partial charge is 0.466 e. The number of carbonyl (C=O) groups excluding carboxylic acids is 2. The van der Waals surface area contributed by atoms with Crippen molar-refractivity contribution < 1.29 is 14.3 Å². The number of nitrogens with one attached hydrogen (secondary N) is 1. The molecule has 1 fully saturated rings. The molecule has 2 atom stereocenters. The first-order valence-electron chi connectivity index (χ1n) is 7.98. The van der Waals surface area contributed by atoms with Crippen LogP contribution < -0.4 is 5.32 Å². The van der Waals surface area contributed by atoms with E-state index >= 15 is 0 Å². The van der Waals surface area contributed by atoms with E-state index in [9.17, 15) is 9.59 Å². The molecule has 1 amide bonds. The molecular weight excluding hydrogens is 360 g/mol. The number of rotatable bonds is 5. The van der Waals surface area contributed by atoms with Gasteiger partial charge in [0.05, 0.1) is 18.6 Å². The van der Waals surface area contributed by atoms with Gasteiger partial charge in [0.25, 0.3) is 0 Å². The second-order valence-corrected chi connectivity index (χ2v) is 6.67. The quantitative estimate of drug-likeness (QED) is 0.795. The van der Waals surface area contributed by atoms with Crippen molar-refractivity contribution in [3.63, 3.8) is 0 Å². The molecule has 0 radical (unpaired) electrons. The van der Waals surface area contributed by atoms with Crippen LogP contribution in [0.15, 0.2) is 28.7 Å². The average Bonchev–Trinajstić information content (AvgIpc) is 2.56. The first-order valence-corrected chi connectivity index (χ1v) is 8.77. The summed E-state index contributed by atoms with van der Waals surface area (Å²) in [6, 6.07) is 7.20. The summed E-state index contributed by atoms with van der Waals surface area (Å²) >= 11 is 3.37. The van der Waals surface area contributed by atoms with Crippen LogP contribution in [0, 0.1) is 5.92 Å². The number of halogens is 1. The number of carbonyl (C=O) groups is 2. The summed E-state index contributed by atoms with van der Waals surface area (Å²) in [5.41, 5.74) is 0.768. The molecule has 1 N–H and O–H groups in total. The number of hydrogen-bond donors (Lipinski definition) is 1. The molecule has 1 aliphatic heterocycles. The Hall–Kier alpha value is -1.40. The zero-order chi connectivity index (χ0) is 16.8. The predicted octanol–water partition coefficient (Wildman–Crippen LogP) is 3.05. The van der Waals surface area contributed by atoms with Crippen LogP contribution in [-0.2, 0) is 14.3 Å². The van der Waals surface area contributed by atoms with Gasteiger partial charge in [-0.1, -0.05) is 15.9 Å². The van der Waals surface area contributed by atoms with Crippen LogP contribution >= 0.6 is 15.9 Å². The van der Waals surface area contributed by atoms with E-state index < -0.39 is 0 Å². The zero-order valence-electron chi connectivity index (χ0n) is 13.5. The molecule has 1 saturated heterocycles. The summed E-state index contributed by atoms with van der Waals surface area (Å²) in [4.78, 5) is 26.4. The van der Waals surface area contributed by atoms with Gasteiger partial charge in [-0.2, -0.15) is 0 Å². The standard InChI is InChI=1S/C17H23BrN2O3/c1-3-23-17(22)13-5-4-10-20(11-13)12(2)16(21)19-15-8-6-14(18)7-9-15/h6-9,12-13H,3-5,10-11H2,1-2H3,(H,19,21)/t12-,13+/m0/s1. The minimum absolute atomic E-state index is 0.0585. The Morgan fingerprint density at radius 3 is 2.74 bits per heavy atom. The molecule has 1 aromatic rings. The van der Waals surface area contributed by atoms with Gasteiger partial charge in [0.15, 0.2) is 0 Å².